The van der Waals surface area contributed by atoms with E-state index < -0.39 is 6.04 Å². The molecule has 2 aromatic rings. The van der Waals surface area contributed by atoms with E-state index in [4.69, 9.17) is 9.47 Å². The van der Waals surface area contributed by atoms with Crippen molar-refractivity contribution in [2.75, 3.05) is 31.4 Å². The van der Waals surface area contributed by atoms with Crippen molar-refractivity contribution in [3.63, 3.8) is 0 Å². The molecule has 0 spiro atoms. The normalized spacial score (nSPS) is 15.4. The molecule has 0 aliphatic carbocycles. The van der Waals surface area contributed by atoms with Crippen LogP contribution in [0, 0.1) is 0 Å². The van der Waals surface area contributed by atoms with Gasteiger partial charge in [0.05, 0.1) is 14.2 Å². The Hall–Kier alpha value is -3.55. The number of anilines is 2. The maximum absolute atomic E-state index is 12.8. The van der Waals surface area contributed by atoms with Gasteiger partial charge in [0, 0.05) is 29.5 Å². The molecule has 2 aromatic carbocycles. The first kappa shape index (κ1) is 21.2. The molecule has 0 unspecified atom stereocenters. The molecule has 3 amide bonds. The fourth-order valence-electron chi connectivity index (χ4n) is 3.43. The average Bonchev–Trinajstić information content (AvgIpc) is 3.24. The van der Waals surface area contributed by atoms with Gasteiger partial charge in [-0.05, 0) is 44.0 Å². The van der Waals surface area contributed by atoms with E-state index in [1.54, 1.807) is 42.5 Å². The minimum absolute atomic E-state index is 0.0838. The Morgan fingerprint density at radius 2 is 1.70 bits per heavy atom. The van der Waals surface area contributed by atoms with Gasteiger partial charge in [-0.1, -0.05) is 12.1 Å². The van der Waals surface area contributed by atoms with E-state index in [1.165, 1.54) is 26.0 Å². The van der Waals surface area contributed by atoms with Crippen LogP contribution in [0.2, 0.25) is 0 Å². The van der Waals surface area contributed by atoms with Crippen LogP contribution in [0.4, 0.5) is 16.2 Å². The molecule has 0 aromatic heterocycles. The van der Waals surface area contributed by atoms with E-state index in [2.05, 4.69) is 10.6 Å². The molecule has 3 rings (SSSR count). The zero-order valence-electron chi connectivity index (χ0n) is 17.2. The molecule has 1 fully saturated rings. The average molecular weight is 411 g/mol. The SMILES string of the molecule is COc1ccc(NC(=O)[C@H]2CCCN2C(=O)Nc2cccc(C(C)=O)c2)cc1OC. The number of ketones is 1. The lowest BCUT2D eigenvalue weighted by Gasteiger charge is -2.24. The van der Waals surface area contributed by atoms with Crippen molar-refractivity contribution in [1.29, 1.82) is 0 Å². The summed E-state index contributed by atoms with van der Waals surface area (Å²) < 4.78 is 10.5. The predicted molar refractivity (Wildman–Crippen MR) is 113 cm³/mol. The Morgan fingerprint density at radius 1 is 0.967 bits per heavy atom. The first-order valence-corrected chi connectivity index (χ1v) is 9.64. The molecule has 0 radical (unpaired) electrons. The van der Waals surface area contributed by atoms with Gasteiger partial charge in [0.1, 0.15) is 6.04 Å². The van der Waals surface area contributed by atoms with Crippen molar-refractivity contribution in [1.82, 2.24) is 4.90 Å². The lowest BCUT2D eigenvalue weighted by Crippen LogP contribution is -2.45. The van der Waals surface area contributed by atoms with E-state index in [9.17, 15) is 14.4 Å². The number of methoxy groups -OCH3 is 2. The number of hydrogen-bond acceptors (Lipinski definition) is 5. The molecule has 8 heteroatoms. The van der Waals surface area contributed by atoms with Crippen LogP contribution in [0.1, 0.15) is 30.1 Å². The molecule has 30 heavy (non-hydrogen) atoms. The molecule has 2 N–H and O–H groups in total. The summed E-state index contributed by atoms with van der Waals surface area (Å²) in [6.45, 7) is 1.94. The second-order valence-electron chi connectivity index (χ2n) is 6.98. The number of carbonyl (C=O) groups excluding carboxylic acids is 3. The van der Waals surface area contributed by atoms with Crippen LogP contribution in [0.5, 0.6) is 11.5 Å². The number of likely N-dealkylation sites (tertiary alicyclic amines) is 1. The van der Waals surface area contributed by atoms with Crippen LogP contribution < -0.4 is 20.1 Å². The van der Waals surface area contributed by atoms with Crippen LogP contribution in [0.3, 0.4) is 0 Å². The summed E-state index contributed by atoms with van der Waals surface area (Å²) in [6.07, 6.45) is 1.30. The molecule has 1 atom stereocenters. The molecule has 1 aliphatic heterocycles. The largest absolute Gasteiger partial charge is 0.493 e. The smallest absolute Gasteiger partial charge is 0.322 e. The van der Waals surface area contributed by atoms with Crippen LogP contribution >= 0.6 is 0 Å². The number of benzene rings is 2. The zero-order valence-corrected chi connectivity index (χ0v) is 17.2. The number of hydrogen-bond donors (Lipinski definition) is 2. The molecule has 8 nitrogen and oxygen atoms in total. The third kappa shape index (κ3) is 4.71. The van der Waals surface area contributed by atoms with Crippen molar-refractivity contribution in [2.24, 2.45) is 0 Å². The summed E-state index contributed by atoms with van der Waals surface area (Å²) in [6, 6.07) is 10.8. The number of urea groups is 1. The van der Waals surface area contributed by atoms with Crippen molar-refractivity contribution in [3.8, 4) is 11.5 Å². The maximum Gasteiger partial charge on any atom is 0.322 e. The minimum Gasteiger partial charge on any atom is -0.493 e. The monoisotopic (exact) mass is 411 g/mol. The Bertz CT molecular complexity index is 960. The Kier molecular flexibility index (Phi) is 6.56. The Balaban J connectivity index is 1.69. The third-order valence-electron chi connectivity index (χ3n) is 4.99. The van der Waals surface area contributed by atoms with Gasteiger partial charge in [-0.3, -0.25) is 9.59 Å². The summed E-state index contributed by atoms with van der Waals surface area (Å²) in [5.74, 6) is 0.707. The highest BCUT2D eigenvalue weighted by Gasteiger charge is 2.34. The highest BCUT2D eigenvalue weighted by molar-refractivity contribution is 6.00. The molecule has 1 aliphatic rings. The van der Waals surface area contributed by atoms with E-state index in [0.717, 1.165) is 6.42 Å². The summed E-state index contributed by atoms with van der Waals surface area (Å²) in [7, 11) is 3.06. The van der Waals surface area contributed by atoms with Gasteiger partial charge >= 0.3 is 6.03 Å². The topological polar surface area (TPSA) is 97.0 Å². The molecule has 158 valence electrons. The number of ether oxygens (including phenoxy) is 2. The summed E-state index contributed by atoms with van der Waals surface area (Å²) in [5, 5.41) is 5.62. The van der Waals surface area contributed by atoms with Crippen LogP contribution in [0.15, 0.2) is 42.5 Å². The highest BCUT2D eigenvalue weighted by atomic mass is 16.5. The fraction of sp³-hybridized carbons (Fsp3) is 0.318. The van der Waals surface area contributed by atoms with Crippen molar-refractivity contribution in [3.05, 3.63) is 48.0 Å². The van der Waals surface area contributed by atoms with Gasteiger partial charge in [-0.15, -0.1) is 0 Å². The first-order valence-electron chi connectivity index (χ1n) is 9.64. The van der Waals surface area contributed by atoms with E-state index in [-0.39, 0.29) is 17.7 Å². The van der Waals surface area contributed by atoms with E-state index >= 15 is 0 Å². The summed E-state index contributed by atoms with van der Waals surface area (Å²) in [4.78, 5) is 38.6. The van der Waals surface area contributed by atoms with Crippen molar-refractivity contribution >= 4 is 29.1 Å². The van der Waals surface area contributed by atoms with Gasteiger partial charge in [0.15, 0.2) is 17.3 Å². The molecular weight excluding hydrogens is 386 g/mol. The molecule has 1 saturated heterocycles. The summed E-state index contributed by atoms with van der Waals surface area (Å²) >= 11 is 0. The number of nitrogens with zero attached hydrogens (tertiary/aromatic N) is 1. The van der Waals surface area contributed by atoms with E-state index in [1.807, 2.05) is 0 Å². The Labute approximate surface area is 175 Å². The maximum atomic E-state index is 12.8. The highest BCUT2D eigenvalue weighted by Crippen LogP contribution is 2.30. The lowest BCUT2D eigenvalue weighted by atomic mass is 10.1. The van der Waals surface area contributed by atoms with Gasteiger partial charge in [0.2, 0.25) is 5.91 Å². The molecular formula is C22H25N3O5. The lowest BCUT2D eigenvalue weighted by molar-refractivity contribution is -0.119. The minimum atomic E-state index is -0.589. The van der Waals surface area contributed by atoms with E-state index in [0.29, 0.717) is 41.4 Å². The predicted octanol–water partition coefficient (Wildman–Crippen LogP) is 3.54. The quantitative estimate of drug-likeness (QED) is 0.709. The van der Waals surface area contributed by atoms with Crippen molar-refractivity contribution in [2.45, 2.75) is 25.8 Å². The standard InChI is InChI=1S/C22H25N3O5/c1-14(26)15-6-4-7-16(12-15)24-22(28)25-11-5-8-18(25)21(27)23-17-9-10-19(29-2)20(13-17)30-3/h4,6-7,9-10,12-13,18H,5,8,11H2,1-3H3,(H,23,27)(H,24,28)/t18-/m1/s1. The number of rotatable bonds is 6. The van der Waals surface area contributed by atoms with Gasteiger partial charge in [-0.2, -0.15) is 0 Å². The van der Waals surface area contributed by atoms with Gasteiger partial charge < -0.3 is 25.0 Å². The van der Waals surface area contributed by atoms with Crippen LogP contribution in [-0.4, -0.2) is 49.4 Å². The Morgan fingerprint density at radius 3 is 2.40 bits per heavy atom. The van der Waals surface area contributed by atoms with Crippen molar-refractivity contribution < 1.29 is 23.9 Å². The number of carbonyl (C=O) groups is 3. The molecule has 1 heterocycles. The molecule has 0 bridgehead atoms. The third-order valence-corrected chi connectivity index (χ3v) is 4.99. The van der Waals surface area contributed by atoms with Gasteiger partial charge in [0.25, 0.3) is 0 Å². The zero-order chi connectivity index (χ0) is 21.7. The fourth-order valence-corrected chi connectivity index (χ4v) is 3.43. The number of amides is 3. The summed E-state index contributed by atoms with van der Waals surface area (Å²) in [5.41, 5.74) is 1.58. The van der Waals surface area contributed by atoms with Crippen LogP contribution in [-0.2, 0) is 4.79 Å². The van der Waals surface area contributed by atoms with Gasteiger partial charge in [-0.25, -0.2) is 4.79 Å². The molecule has 0 saturated carbocycles. The second kappa shape index (κ2) is 9.30. The first-order chi connectivity index (χ1) is 14.4. The number of Topliss-reactive ketones (excluding diaryl/α,β-unsaturated/α-hetero) is 1. The van der Waals surface area contributed by atoms with Crippen LogP contribution in [0.25, 0.3) is 0 Å². The second-order valence-corrected chi connectivity index (χ2v) is 6.98. The number of nitrogens with one attached hydrogen (secondary N) is 2.